The summed E-state index contributed by atoms with van der Waals surface area (Å²) >= 11 is 0. The third-order valence-corrected chi connectivity index (χ3v) is 2.08. The number of hydrogen-bond acceptors (Lipinski definition) is 3. The van der Waals surface area contributed by atoms with Crippen LogP contribution in [0.2, 0.25) is 0 Å². The van der Waals surface area contributed by atoms with Crippen LogP contribution in [0.3, 0.4) is 0 Å². The van der Waals surface area contributed by atoms with Gasteiger partial charge in [-0.2, -0.15) is 0 Å². The molecule has 0 aliphatic heterocycles. The van der Waals surface area contributed by atoms with E-state index in [0.29, 0.717) is 19.3 Å². The van der Waals surface area contributed by atoms with E-state index in [1.165, 1.54) is 0 Å². The molecule has 86 valence electrons. The molecule has 0 aliphatic rings. The van der Waals surface area contributed by atoms with Crippen molar-refractivity contribution in [1.29, 1.82) is 0 Å². The highest BCUT2D eigenvalue weighted by Gasteiger charge is 2.08. The van der Waals surface area contributed by atoms with Gasteiger partial charge < -0.3 is 10.1 Å². The van der Waals surface area contributed by atoms with Gasteiger partial charge in [0.25, 0.3) is 0 Å². The van der Waals surface area contributed by atoms with Gasteiger partial charge in [0.05, 0.1) is 6.54 Å². The molecule has 0 rings (SSSR count). The second kappa shape index (κ2) is 8.15. The Kier molecular flexibility index (Phi) is 7.50. The van der Waals surface area contributed by atoms with Crippen LogP contribution in [0.25, 0.3) is 0 Å². The molecule has 1 N–H and O–H groups in total. The Morgan fingerprint density at radius 3 is 2.47 bits per heavy atom. The molecular weight excluding hydrogens is 194 g/mol. The van der Waals surface area contributed by atoms with Crippen LogP contribution in [-0.4, -0.2) is 24.5 Å². The second-order valence-electron chi connectivity index (χ2n) is 3.81. The molecule has 0 saturated carbocycles. The highest BCUT2D eigenvalue weighted by atomic mass is 16.2. The molecule has 4 heteroatoms. The second-order valence-corrected chi connectivity index (χ2v) is 3.81. The van der Waals surface area contributed by atoms with Gasteiger partial charge in [-0.25, -0.2) is 0 Å². The third-order valence-electron chi connectivity index (χ3n) is 2.08. The zero-order chi connectivity index (χ0) is 11.7. The average molecular weight is 213 g/mol. The highest BCUT2D eigenvalue weighted by Crippen LogP contribution is 1.98. The molecule has 0 aromatic heterocycles. The molecule has 0 unspecified atom stereocenters. The van der Waals surface area contributed by atoms with Crippen molar-refractivity contribution in [2.45, 2.75) is 39.5 Å². The first-order chi connectivity index (χ1) is 7.07. The average Bonchev–Trinajstić information content (AvgIpc) is 2.20. The molecule has 0 heterocycles. The van der Waals surface area contributed by atoms with E-state index in [-0.39, 0.29) is 24.2 Å². The Morgan fingerprint density at radius 1 is 1.27 bits per heavy atom. The van der Waals surface area contributed by atoms with Crippen LogP contribution >= 0.6 is 0 Å². The predicted molar refractivity (Wildman–Crippen MR) is 57.4 cm³/mol. The quantitative estimate of drug-likeness (QED) is 0.485. The lowest BCUT2D eigenvalue weighted by molar-refractivity contribution is -0.126. The SMILES string of the molecule is CC(C)C(=O)CNC(=O)CCCCC=O. The monoisotopic (exact) mass is 213 g/mol. The van der Waals surface area contributed by atoms with Crippen LogP contribution in [0.5, 0.6) is 0 Å². The van der Waals surface area contributed by atoms with Crippen molar-refractivity contribution in [2.75, 3.05) is 6.54 Å². The van der Waals surface area contributed by atoms with Gasteiger partial charge in [0.2, 0.25) is 5.91 Å². The van der Waals surface area contributed by atoms with Gasteiger partial charge in [0.1, 0.15) is 6.29 Å². The van der Waals surface area contributed by atoms with E-state index in [1.54, 1.807) is 13.8 Å². The molecule has 0 aromatic rings. The molecule has 0 aliphatic carbocycles. The first-order valence-corrected chi connectivity index (χ1v) is 5.31. The number of hydrogen-bond donors (Lipinski definition) is 1. The number of ketones is 1. The fraction of sp³-hybridized carbons (Fsp3) is 0.727. The molecule has 4 nitrogen and oxygen atoms in total. The van der Waals surface area contributed by atoms with E-state index in [0.717, 1.165) is 12.7 Å². The van der Waals surface area contributed by atoms with Crippen LogP contribution < -0.4 is 5.32 Å². The van der Waals surface area contributed by atoms with Crippen molar-refractivity contribution < 1.29 is 14.4 Å². The summed E-state index contributed by atoms with van der Waals surface area (Å²) in [6, 6.07) is 0. The van der Waals surface area contributed by atoms with Gasteiger partial charge >= 0.3 is 0 Å². The van der Waals surface area contributed by atoms with Crippen molar-refractivity contribution in [3.63, 3.8) is 0 Å². The normalized spacial score (nSPS) is 10.1. The predicted octanol–water partition coefficient (Wildman–Crippen LogP) is 1.09. The Hall–Kier alpha value is -1.19. The minimum atomic E-state index is -0.116. The van der Waals surface area contributed by atoms with E-state index in [2.05, 4.69) is 5.32 Å². The number of aldehydes is 1. The first kappa shape index (κ1) is 13.8. The van der Waals surface area contributed by atoms with Crippen LogP contribution in [0.4, 0.5) is 0 Å². The number of unbranched alkanes of at least 4 members (excludes halogenated alkanes) is 2. The molecule has 0 bridgehead atoms. The van der Waals surface area contributed by atoms with Crippen molar-refractivity contribution in [1.82, 2.24) is 5.32 Å². The van der Waals surface area contributed by atoms with Crippen LogP contribution in [0, 0.1) is 5.92 Å². The molecule has 0 spiro atoms. The van der Waals surface area contributed by atoms with Gasteiger partial charge in [0, 0.05) is 18.8 Å². The fourth-order valence-electron chi connectivity index (χ4n) is 0.991. The lowest BCUT2D eigenvalue weighted by Gasteiger charge is -2.05. The minimum Gasteiger partial charge on any atom is -0.349 e. The lowest BCUT2D eigenvalue weighted by Crippen LogP contribution is -2.31. The van der Waals surface area contributed by atoms with E-state index in [4.69, 9.17) is 0 Å². The Bertz CT molecular complexity index is 224. The number of nitrogens with one attached hydrogen (secondary N) is 1. The smallest absolute Gasteiger partial charge is 0.220 e. The van der Waals surface area contributed by atoms with Crippen molar-refractivity contribution in [3.8, 4) is 0 Å². The van der Waals surface area contributed by atoms with Gasteiger partial charge in [0.15, 0.2) is 5.78 Å². The zero-order valence-corrected chi connectivity index (χ0v) is 9.41. The van der Waals surface area contributed by atoms with Gasteiger partial charge in [-0.1, -0.05) is 13.8 Å². The largest absolute Gasteiger partial charge is 0.349 e. The number of amides is 1. The van der Waals surface area contributed by atoms with E-state index in [1.807, 2.05) is 0 Å². The number of carbonyl (C=O) groups excluding carboxylic acids is 3. The molecule has 0 saturated heterocycles. The number of Topliss-reactive ketones (excluding diaryl/α,β-unsaturated/α-hetero) is 1. The summed E-state index contributed by atoms with van der Waals surface area (Å²) in [5.41, 5.74) is 0. The standard InChI is InChI=1S/C11H19NO3/c1-9(2)10(14)8-12-11(15)6-4-3-5-7-13/h7,9H,3-6,8H2,1-2H3,(H,12,15). The van der Waals surface area contributed by atoms with Crippen LogP contribution in [0.1, 0.15) is 39.5 Å². The van der Waals surface area contributed by atoms with Crippen molar-refractivity contribution in [2.24, 2.45) is 5.92 Å². The summed E-state index contributed by atoms with van der Waals surface area (Å²) in [6.07, 6.45) is 3.16. The summed E-state index contributed by atoms with van der Waals surface area (Å²) in [5.74, 6) is -0.119. The maximum atomic E-state index is 11.2. The molecule has 15 heavy (non-hydrogen) atoms. The molecular formula is C11H19NO3. The van der Waals surface area contributed by atoms with Gasteiger partial charge in [-0.15, -0.1) is 0 Å². The molecule has 1 amide bonds. The summed E-state index contributed by atoms with van der Waals surface area (Å²) < 4.78 is 0. The summed E-state index contributed by atoms with van der Waals surface area (Å²) in [6.45, 7) is 3.72. The summed E-state index contributed by atoms with van der Waals surface area (Å²) in [4.78, 5) is 32.3. The fourth-order valence-corrected chi connectivity index (χ4v) is 0.991. The third kappa shape index (κ3) is 7.85. The zero-order valence-electron chi connectivity index (χ0n) is 9.41. The van der Waals surface area contributed by atoms with Crippen LogP contribution in [-0.2, 0) is 14.4 Å². The summed E-state index contributed by atoms with van der Waals surface area (Å²) in [5, 5.41) is 2.56. The number of rotatable bonds is 8. The minimum absolute atomic E-state index is 0.0382. The van der Waals surface area contributed by atoms with E-state index < -0.39 is 0 Å². The first-order valence-electron chi connectivity index (χ1n) is 5.31. The topological polar surface area (TPSA) is 63.2 Å². The van der Waals surface area contributed by atoms with Gasteiger partial charge in [-0.3, -0.25) is 9.59 Å². The summed E-state index contributed by atoms with van der Waals surface area (Å²) in [7, 11) is 0. The maximum absolute atomic E-state index is 11.2. The van der Waals surface area contributed by atoms with Crippen molar-refractivity contribution in [3.05, 3.63) is 0 Å². The van der Waals surface area contributed by atoms with Crippen molar-refractivity contribution >= 4 is 18.0 Å². The van der Waals surface area contributed by atoms with Gasteiger partial charge in [-0.05, 0) is 12.8 Å². The molecule has 0 fully saturated rings. The Labute approximate surface area is 90.4 Å². The molecule has 0 atom stereocenters. The Morgan fingerprint density at radius 2 is 1.93 bits per heavy atom. The highest BCUT2D eigenvalue weighted by molar-refractivity contribution is 5.87. The van der Waals surface area contributed by atoms with E-state index >= 15 is 0 Å². The number of carbonyl (C=O) groups is 3. The van der Waals surface area contributed by atoms with Crippen LogP contribution in [0.15, 0.2) is 0 Å². The molecule has 0 aromatic carbocycles. The molecule has 0 radical (unpaired) electrons. The van der Waals surface area contributed by atoms with E-state index in [9.17, 15) is 14.4 Å². The maximum Gasteiger partial charge on any atom is 0.220 e. The lowest BCUT2D eigenvalue weighted by atomic mass is 10.1. The Balaban J connectivity index is 3.49.